The standard InChI is InChI=1S/C20H21N3O4/c1-27-14-8-6-13(7-9-14)18(24)16-17(15-5-2-3-11-22-15)23(12-4-10-21)20(26)19(16)25/h2-3,5-9,11,17,24H,4,10,12,21H2,1H3/b18-16-. The Hall–Kier alpha value is -3.19. The van der Waals surface area contributed by atoms with Gasteiger partial charge in [-0.15, -0.1) is 0 Å². The first-order valence-corrected chi connectivity index (χ1v) is 8.62. The molecule has 140 valence electrons. The van der Waals surface area contributed by atoms with E-state index >= 15 is 0 Å². The molecule has 1 atom stereocenters. The molecule has 2 aromatic rings. The second-order valence-corrected chi connectivity index (χ2v) is 6.12. The fraction of sp³-hybridized carbons (Fsp3) is 0.250. The Morgan fingerprint density at radius 1 is 1.22 bits per heavy atom. The summed E-state index contributed by atoms with van der Waals surface area (Å²) in [5.41, 5.74) is 6.54. The lowest BCUT2D eigenvalue weighted by molar-refractivity contribution is -0.139. The van der Waals surface area contributed by atoms with Crippen LogP contribution in [-0.4, -0.2) is 46.9 Å². The van der Waals surface area contributed by atoms with Crippen molar-refractivity contribution in [2.24, 2.45) is 5.73 Å². The van der Waals surface area contributed by atoms with Crippen molar-refractivity contribution < 1.29 is 19.4 Å². The number of pyridine rings is 1. The number of nitrogens with zero attached hydrogens (tertiary/aromatic N) is 2. The summed E-state index contributed by atoms with van der Waals surface area (Å²) >= 11 is 0. The van der Waals surface area contributed by atoms with E-state index in [9.17, 15) is 14.7 Å². The van der Waals surface area contributed by atoms with Gasteiger partial charge < -0.3 is 20.5 Å². The van der Waals surface area contributed by atoms with Crippen LogP contribution in [0.1, 0.15) is 23.7 Å². The number of aliphatic hydroxyl groups is 1. The second kappa shape index (κ2) is 8.01. The fourth-order valence-corrected chi connectivity index (χ4v) is 3.12. The molecule has 3 N–H and O–H groups in total. The van der Waals surface area contributed by atoms with Gasteiger partial charge in [0.25, 0.3) is 11.7 Å². The minimum atomic E-state index is -0.750. The summed E-state index contributed by atoms with van der Waals surface area (Å²) in [6, 6.07) is 11.1. The summed E-state index contributed by atoms with van der Waals surface area (Å²) in [7, 11) is 1.54. The molecule has 1 saturated heterocycles. The zero-order valence-electron chi connectivity index (χ0n) is 15.0. The van der Waals surface area contributed by atoms with Crippen LogP contribution in [0, 0.1) is 0 Å². The minimum absolute atomic E-state index is 0.0286. The Labute approximate surface area is 157 Å². The van der Waals surface area contributed by atoms with Crippen LogP contribution in [0.3, 0.4) is 0 Å². The molecule has 0 saturated carbocycles. The Balaban J connectivity index is 2.11. The molecule has 7 heteroatoms. The highest BCUT2D eigenvalue weighted by atomic mass is 16.5. The van der Waals surface area contributed by atoms with E-state index in [1.165, 1.54) is 4.90 Å². The van der Waals surface area contributed by atoms with E-state index in [4.69, 9.17) is 10.5 Å². The molecule has 1 aromatic heterocycles. The number of carbonyl (C=O) groups excluding carboxylic acids is 2. The van der Waals surface area contributed by atoms with Crippen molar-refractivity contribution in [1.29, 1.82) is 0 Å². The third-order valence-corrected chi connectivity index (χ3v) is 4.47. The van der Waals surface area contributed by atoms with Crippen molar-refractivity contribution in [1.82, 2.24) is 9.88 Å². The van der Waals surface area contributed by atoms with E-state index in [1.807, 2.05) is 0 Å². The number of hydrogen-bond acceptors (Lipinski definition) is 6. The van der Waals surface area contributed by atoms with E-state index in [2.05, 4.69) is 4.98 Å². The minimum Gasteiger partial charge on any atom is -0.507 e. The number of aromatic nitrogens is 1. The Kier molecular flexibility index (Phi) is 5.52. The van der Waals surface area contributed by atoms with Gasteiger partial charge in [0.2, 0.25) is 0 Å². The number of aliphatic hydroxyl groups excluding tert-OH is 1. The average molecular weight is 367 g/mol. The lowest BCUT2D eigenvalue weighted by Gasteiger charge is -2.24. The predicted molar refractivity (Wildman–Crippen MR) is 99.9 cm³/mol. The van der Waals surface area contributed by atoms with Gasteiger partial charge in [-0.2, -0.15) is 0 Å². The van der Waals surface area contributed by atoms with Gasteiger partial charge in [-0.05, 0) is 49.4 Å². The van der Waals surface area contributed by atoms with Crippen molar-refractivity contribution in [2.45, 2.75) is 12.5 Å². The summed E-state index contributed by atoms with van der Waals surface area (Å²) in [5.74, 6) is -0.997. The molecule has 27 heavy (non-hydrogen) atoms. The van der Waals surface area contributed by atoms with Gasteiger partial charge in [0.15, 0.2) is 0 Å². The molecule has 0 bridgehead atoms. The summed E-state index contributed by atoms with van der Waals surface area (Å²) in [6.07, 6.45) is 2.13. The Morgan fingerprint density at radius 2 is 1.96 bits per heavy atom. The monoisotopic (exact) mass is 367 g/mol. The van der Waals surface area contributed by atoms with Gasteiger partial charge >= 0.3 is 0 Å². The molecule has 1 aliphatic heterocycles. The Morgan fingerprint density at radius 3 is 2.56 bits per heavy atom. The predicted octanol–water partition coefficient (Wildman–Crippen LogP) is 1.86. The van der Waals surface area contributed by atoms with Crippen LogP contribution < -0.4 is 10.5 Å². The molecule has 0 spiro atoms. The van der Waals surface area contributed by atoms with Crippen LogP contribution in [0.2, 0.25) is 0 Å². The van der Waals surface area contributed by atoms with Crippen molar-refractivity contribution in [3.8, 4) is 5.75 Å². The molecular formula is C20H21N3O4. The topological polar surface area (TPSA) is 106 Å². The molecular weight excluding hydrogens is 346 g/mol. The molecule has 1 aliphatic rings. The molecule has 2 heterocycles. The van der Waals surface area contributed by atoms with Crippen molar-refractivity contribution in [3.05, 3.63) is 65.5 Å². The van der Waals surface area contributed by atoms with Crippen LogP contribution in [0.25, 0.3) is 5.76 Å². The highest BCUT2D eigenvalue weighted by Gasteiger charge is 2.46. The first-order valence-electron chi connectivity index (χ1n) is 8.62. The van der Waals surface area contributed by atoms with E-state index in [0.29, 0.717) is 36.5 Å². The molecule has 0 radical (unpaired) electrons. The van der Waals surface area contributed by atoms with Crippen LogP contribution in [-0.2, 0) is 9.59 Å². The average Bonchev–Trinajstić information content (AvgIpc) is 2.97. The van der Waals surface area contributed by atoms with Crippen LogP contribution in [0.15, 0.2) is 54.2 Å². The number of nitrogens with two attached hydrogens (primary N) is 1. The molecule has 3 rings (SSSR count). The van der Waals surface area contributed by atoms with Gasteiger partial charge in [-0.1, -0.05) is 6.07 Å². The number of likely N-dealkylation sites (tertiary alicyclic amines) is 1. The van der Waals surface area contributed by atoms with Crippen molar-refractivity contribution >= 4 is 17.4 Å². The smallest absolute Gasteiger partial charge is 0.295 e. The normalized spacial score (nSPS) is 18.7. The van der Waals surface area contributed by atoms with E-state index in [1.54, 1.807) is 55.8 Å². The molecule has 1 amide bonds. The maximum absolute atomic E-state index is 12.7. The highest BCUT2D eigenvalue weighted by Crippen LogP contribution is 2.38. The quantitative estimate of drug-likeness (QED) is 0.459. The lowest BCUT2D eigenvalue weighted by Crippen LogP contribution is -2.32. The van der Waals surface area contributed by atoms with Crippen LogP contribution in [0.5, 0.6) is 5.75 Å². The maximum atomic E-state index is 12.7. The Bertz CT molecular complexity index is 863. The summed E-state index contributed by atoms with van der Waals surface area (Å²) in [6.45, 7) is 0.693. The number of ketones is 1. The van der Waals surface area contributed by atoms with Crippen LogP contribution in [0.4, 0.5) is 0 Å². The van der Waals surface area contributed by atoms with E-state index in [0.717, 1.165) is 0 Å². The maximum Gasteiger partial charge on any atom is 0.295 e. The second-order valence-electron chi connectivity index (χ2n) is 6.12. The number of carbonyl (C=O) groups is 2. The zero-order chi connectivity index (χ0) is 19.4. The number of methoxy groups -OCH3 is 1. The first-order chi connectivity index (χ1) is 13.1. The first kappa shape index (κ1) is 18.6. The number of amides is 1. The number of rotatable bonds is 6. The molecule has 1 aromatic carbocycles. The van der Waals surface area contributed by atoms with Gasteiger partial charge in [0.05, 0.1) is 18.4 Å². The van der Waals surface area contributed by atoms with Gasteiger partial charge in [0, 0.05) is 18.3 Å². The van der Waals surface area contributed by atoms with Crippen molar-refractivity contribution in [2.75, 3.05) is 20.2 Å². The molecule has 1 unspecified atom stereocenters. The summed E-state index contributed by atoms with van der Waals surface area (Å²) in [5, 5.41) is 10.8. The number of Topliss-reactive ketones (excluding diaryl/α,β-unsaturated/α-hetero) is 1. The molecule has 1 fully saturated rings. The number of benzene rings is 1. The summed E-state index contributed by atoms with van der Waals surface area (Å²) < 4.78 is 5.12. The SMILES string of the molecule is COc1ccc(/C(O)=C2/C(=O)C(=O)N(CCCN)C2c2ccccn2)cc1. The highest BCUT2D eigenvalue weighted by molar-refractivity contribution is 6.46. The van der Waals surface area contributed by atoms with Gasteiger partial charge in [-0.3, -0.25) is 14.6 Å². The van der Waals surface area contributed by atoms with Crippen molar-refractivity contribution in [3.63, 3.8) is 0 Å². The van der Waals surface area contributed by atoms with Crippen LogP contribution >= 0.6 is 0 Å². The van der Waals surface area contributed by atoms with E-state index < -0.39 is 17.7 Å². The molecule has 7 nitrogen and oxygen atoms in total. The van der Waals surface area contributed by atoms with Gasteiger partial charge in [0.1, 0.15) is 17.6 Å². The largest absolute Gasteiger partial charge is 0.507 e. The van der Waals surface area contributed by atoms with Gasteiger partial charge in [-0.25, -0.2) is 0 Å². The lowest BCUT2D eigenvalue weighted by atomic mass is 9.98. The molecule has 0 aliphatic carbocycles. The number of ether oxygens (including phenoxy) is 1. The summed E-state index contributed by atoms with van der Waals surface area (Å²) in [4.78, 5) is 31.0. The third kappa shape index (κ3) is 3.54. The zero-order valence-corrected chi connectivity index (χ0v) is 15.0. The number of hydrogen-bond donors (Lipinski definition) is 2. The van der Waals surface area contributed by atoms with E-state index in [-0.39, 0.29) is 11.3 Å². The fourth-order valence-electron chi connectivity index (χ4n) is 3.12. The third-order valence-electron chi connectivity index (χ3n) is 4.47.